The molecular formula is C50H50Si2. The summed E-state index contributed by atoms with van der Waals surface area (Å²) in [6, 6.07) is 73.6. The van der Waals surface area contributed by atoms with E-state index in [1.165, 1.54) is 53.0 Å². The van der Waals surface area contributed by atoms with Gasteiger partial charge < -0.3 is 0 Å². The largest absolute Gasteiger partial charge is 0.179 e. The molecule has 0 nitrogen and oxygen atoms in total. The van der Waals surface area contributed by atoms with E-state index < -0.39 is 16.1 Å². The first kappa shape index (κ1) is 35.4. The van der Waals surface area contributed by atoms with Crippen molar-refractivity contribution in [3.05, 3.63) is 200 Å². The van der Waals surface area contributed by atoms with Crippen molar-refractivity contribution >= 4 is 52.5 Å². The van der Waals surface area contributed by atoms with E-state index in [1.807, 2.05) is 0 Å². The Morgan fingerprint density at radius 1 is 0.308 bits per heavy atom. The molecule has 0 N–H and O–H groups in total. The quantitative estimate of drug-likeness (QED) is 0.110. The van der Waals surface area contributed by atoms with Gasteiger partial charge in [-0.2, -0.15) is 0 Å². The first-order valence-electron chi connectivity index (χ1n) is 18.6. The molecule has 0 saturated carbocycles. The van der Waals surface area contributed by atoms with Crippen LogP contribution in [0.15, 0.2) is 194 Å². The molecule has 2 heteroatoms. The summed E-state index contributed by atoms with van der Waals surface area (Å²) in [5.74, 6) is 0. The lowest BCUT2D eigenvalue weighted by atomic mass is 9.87. The molecule has 0 unspecified atom stereocenters. The van der Waals surface area contributed by atoms with E-state index in [4.69, 9.17) is 0 Å². The van der Waals surface area contributed by atoms with Gasteiger partial charge in [0.15, 0.2) is 16.1 Å². The van der Waals surface area contributed by atoms with Crippen LogP contribution in [0.1, 0.15) is 47.1 Å². The summed E-state index contributed by atoms with van der Waals surface area (Å²) in [6.45, 7) is 14.3. The lowest BCUT2D eigenvalue weighted by molar-refractivity contribution is 0.591. The second kappa shape index (κ2) is 14.2. The van der Waals surface area contributed by atoms with E-state index in [-0.39, 0.29) is 10.5 Å². The Labute approximate surface area is 313 Å². The van der Waals surface area contributed by atoms with Gasteiger partial charge in [0.25, 0.3) is 0 Å². The van der Waals surface area contributed by atoms with Gasteiger partial charge in [0, 0.05) is 0 Å². The fourth-order valence-corrected chi connectivity index (χ4v) is 19.1. The third-order valence-electron chi connectivity index (χ3n) is 11.1. The van der Waals surface area contributed by atoms with Crippen molar-refractivity contribution in [2.75, 3.05) is 0 Å². The maximum atomic E-state index is 2.50. The standard InChI is InChI=1S/C50H50Si2/c1-49(2,3)41-22-20-32-48(38-41)51(42-23-11-7-12-24-42,43-25-13-8-14-26-43)47-31-19-21-40(37-47)39-33-35-46(36-34-39)52(50(4,5)6,44-27-15-9-16-28-44)45-29-17-10-18-30-45/h7-38H,1-6H3. The Morgan fingerprint density at radius 2 is 0.692 bits per heavy atom. The van der Waals surface area contributed by atoms with E-state index in [1.54, 1.807) is 0 Å². The molecule has 0 amide bonds. The molecule has 0 aliphatic carbocycles. The molecule has 0 fully saturated rings. The Bertz CT molecular complexity index is 2150. The van der Waals surface area contributed by atoms with Gasteiger partial charge in [0.2, 0.25) is 0 Å². The average Bonchev–Trinajstić information content (AvgIpc) is 3.17. The van der Waals surface area contributed by atoms with Crippen molar-refractivity contribution in [1.29, 1.82) is 0 Å². The molecule has 0 atom stereocenters. The second-order valence-corrected chi connectivity index (χ2v) is 24.7. The number of hydrogen-bond acceptors (Lipinski definition) is 0. The van der Waals surface area contributed by atoms with Gasteiger partial charge in [-0.25, -0.2) is 0 Å². The van der Waals surface area contributed by atoms with Crippen LogP contribution in [-0.2, 0) is 5.41 Å². The fourth-order valence-electron chi connectivity index (χ4n) is 8.62. The lowest BCUT2D eigenvalue weighted by Gasteiger charge is -2.44. The van der Waals surface area contributed by atoms with Gasteiger partial charge >= 0.3 is 0 Å². The molecule has 0 bridgehead atoms. The predicted molar refractivity (Wildman–Crippen MR) is 231 cm³/mol. The molecule has 7 aromatic rings. The minimum atomic E-state index is -2.72. The van der Waals surface area contributed by atoms with Crippen LogP contribution in [0.25, 0.3) is 11.1 Å². The summed E-state index contributed by atoms with van der Waals surface area (Å²) < 4.78 is 0. The van der Waals surface area contributed by atoms with Crippen molar-refractivity contribution in [3.8, 4) is 11.1 Å². The summed E-state index contributed by atoms with van der Waals surface area (Å²) in [6.07, 6.45) is 0. The van der Waals surface area contributed by atoms with Crippen molar-refractivity contribution in [3.63, 3.8) is 0 Å². The number of benzene rings is 7. The second-order valence-electron chi connectivity index (χ2n) is 16.2. The molecule has 7 rings (SSSR count). The normalized spacial score (nSPS) is 12.4. The van der Waals surface area contributed by atoms with E-state index in [9.17, 15) is 0 Å². The van der Waals surface area contributed by atoms with Crippen LogP contribution >= 0.6 is 0 Å². The van der Waals surface area contributed by atoms with Crippen LogP contribution in [0.2, 0.25) is 5.04 Å². The molecule has 0 aliphatic heterocycles. The third kappa shape index (κ3) is 6.25. The SMILES string of the molecule is CC(C)(C)c1cccc([Si](c2ccccc2)(c2ccccc2)c2cccc(-c3ccc([Si](c4ccccc4)(c4ccccc4)C(C)(C)C)cc3)c2)c1. The Balaban J connectivity index is 1.43. The monoisotopic (exact) mass is 706 g/mol. The molecule has 0 aliphatic rings. The Kier molecular flexibility index (Phi) is 9.65. The van der Waals surface area contributed by atoms with Crippen LogP contribution in [0, 0.1) is 0 Å². The fraction of sp³-hybridized carbons (Fsp3) is 0.160. The topological polar surface area (TPSA) is 0 Å². The van der Waals surface area contributed by atoms with Crippen LogP contribution in [0.5, 0.6) is 0 Å². The molecule has 7 aromatic carbocycles. The number of hydrogen-bond donors (Lipinski definition) is 0. The average molecular weight is 707 g/mol. The minimum Gasteiger partial charge on any atom is -0.0624 e. The summed E-state index contributed by atoms with van der Waals surface area (Å²) in [4.78, 5) is 0. The first-order chi connectivity index (χ1) is 25.1. The van der Waals surface area contributed by atoms with Crippen molar-refractivity contribution in [2.24, 2.45) is 0 Å². The molecule has 52 heavy (non-hydrogen) atoms. The van der Waals surface area contributed by atoms with Crippen LogP contribution in [-0.4, -0.2) is 16.1 Å². The highest BCUT2D eigenvalue weighted by atomic mass is 28.3. The molecule has 0 saturated heterocycles. The summed E-state index contributed by atoms with van der Waals surface area (Å²) in [5, 5.41) is 9.97. The Hall–Kier alpha value is -5.03. The van der Waals surface area contributed by atoms with Crippen molar-refractivity contribution in [2.45, 2.75) is 52.0 Å². The zero-order valence-corrected chi connectivity index (χ0v) is 33.5. The smallest absolute Gasteiger partial charge is 0.0624 e. The maximum absolute atomic E-state index is 2.72. The zero-order chi connectivity index (χ0) is 36.4. The van der Waals surface area contributed by atoms with Gasteiger partial charge in [0.1, 0.15) is 0 Å². The van der Waals surface area contributed by atoms with Crippen molar-refractivity contribution in [1.82, 2.24) is 0 Å². The van der Waals surface area contributed by atoms with Crippen molar-refractivity contribution < 1.29 is 0 Å². The van der Waals surface area contributed by atoms with Gasteiger partial charge in [0.05, 0.1) is 0 Å². The van der Waals surface area contributed by atoms with E-state index in [0.717, 1.165) is 0 Å². The molecule has 0 radical (unpaired) electrons. The lowest BCUT2D eigenvalue weighted by Crippen LogP contribution is -2.74. The number of rotatable bonds is 8. The highest BCUT2D eigenvalue weighted by Gasteiger charge is 2.49. The first-order valence-corrected chi connectivity index (χ1v) is 22.6. The van der Waals surface area contributed by atoms with E-state index >= 15 is 0 Å². The molecule has 258 valence electrons. The summed E-state index contributed by atoms with van der Waals surface area (Å²) >= 11 is 0. The summed E-state index contributed by atoms with van der Waals surface area (Å²) in [7, 11) is -5.16. The maximum Gasteiger partial charge on any atom is 0.179 e. The third-order valence-corrected chi connectivity index (χ3v) is 21.7. The van der Waals surface area contributed by atoms with Crippen LogP contribution < -0.4 is 36.3 Å². The van der Waals surface area contributed by atoms with Gasteiger partial charge in [-0.15, -0.1) is 0 Å². The van der Waals surface area contributed by atoms with Crippen LogP contribution in [0.4, 0.5) is 0 Å². The highest BCUT2D eigenvalue weighted by molar-refractivity contribution is 7.20. The summed E-state index contributed by atoms with van der Waals surface area (Å²) in [5.41, 5.74) is 3.90. The van der Waals surface area contributed by atoms with Gasteiger partial charge in [-0.1, -0.05) is 236 Å². The van der Waals surface area contributed by atoms with Gasteiger partial charge in [-0.3, -0.25) is 0 Å². The van der Waals surface area contributed by atoms with Gasteiger partial charge in [-0.05, 0) is 63.5 Å². The van der Waals surface area contributed by atoms with E-state index in [2.05, 4.69) is 236 Å². The zero-order valence-electron chi connectivity index (χ0n) is 31.5. The minimum absolute atomic E-state index is 0.0370. The highest BCUT2D eigenvalue weighted by Crippen LogP contribution is 2.36. The molecular weight excluding hydrogens is 657 g/mol. The molecule has 0 aromatic heterocycles. The predicted octanol–water partition coefficient (Wildman–Crippen LogP) is 8.30. The molecule has 0 heterocycles. The van der Waals surface area contributed by atoms with E-state index in [0.29, 0.717) is 0 Å². The van der Waals surface area contributed by atoms with Crippen LogP contribution in [0.3, 0.4) is 0 Å². The molecule has 0 spiro atoms. The Morgan fingerprint density at radius 3 is 1.13 bits per heavy atom.